The minimum atomic E-state index is -3.27. The van der Waals surface area contributed by atoms with Crippen LogP contribution in [0.3, 0.4) is 0 Å². The lowest BCUT2D eigenvalue weighted by atomic mass is 10.1. The molecule has 146 valence electrons. The lowest BCUT2D eigenvalue weighted by Crippen LogP contribution is -2.25. The van der Waals surface area contributed by atoms with E-state index in [0.717, 1.165) is 15.6 Å². The molecule has 0 spiro atoms. The van der Waals surface area contributed by atoms with Crippen LogP contribution in [0.25, 0.3) is 16.2 Å². The van der Waals surface area contributed by atoms with Crippen molar-refractivity contribution in [3.05, 3.63) is 70.2 Å². The van der Waals surface area contributed by atoms with Gasteiger partial charge >= 0.3 is 0 Å². The van der Waals surface area contributed by atoms with Crippen molar-refractivity contribution in [2.24, 2.45) is 0 Å². The molecule has 0 saturated carbocycles. The fraction of sp³-hybridized carbons (Fsp3) is 0.150. The van der Waals surface area contributed by atoms with Crippen LogP contribution in [-0.4, -0.2) is 19.7 Å². The maximum absolute atomic E-state index is 13.1. The van der Waals surface area contributed by atoms with Gasteiger partial charge in [0.05, 0.1) is 0 Å². The average molecular weight is 435 g/mol. The first-order valence-electron chi connectivity index (χ1n) is 8.44. The Bertz CT molecular complexity index is 1100. The van der Waals surface area contributed by atoms with E-state index in [4.69, 9.17) is 21.9 Å². The largest absolute Gasteiger partial charge is 0.399 e. The number of thiophene rings is 1. The molecule has 0 bridgehead atoms. The van der Waals surface area contributed by atoms with Gasteiger partial charge in [-0.2, -0.15) is 0 Å². The zero-order valence-electron chi connectivity index (χ0n) is 15.4. The molecule has 2 atom stereocenters. The van der Waals surface area contributed by atoms with E-state index < -0.39 is 18.9 Å². The van der Waals surface area contributed by atoms with Gasteiger partial charge in [-0.25, -0.2) is 0 Å². The molecule has 2 unspecified atom stereocenters. The van der Waals surface area contributed by atoms with Crippen molar-refractivity contribution in [2.75, 3.05) is 19.5 Å². The normalized spacial score (nSPS) is 14.8. The molecule has 3 aromatic rings. The highest BCUT2D eigenvalue weighted by molar-refractivity contribution is 7.59. The summed E-state index contributed by atoms with van der Waals surface area (Å²) in [4.78, 5) is 13.0. The van der Waals surface area contributed by atoms with Crippen LogP contribution in [0.2, 0.25) is 5.02 Å². The fourth-order valence-electron chi connectivity index (χ4n) is 2.91. The predicted molar refractivity (Wildman–Crippen MR) is 118 cm³/mol. The highest BCUT2D eigenvalue weighted by Crippen LogP contribution is 2.58. The van der Waals surface area contributed by atoms with E-state index in [1.165, 1.54) is 31.3 Å². The molecule has 28 heavy (non-hydrogen) atoms. The number of nitrogen functional groups attached to an aromatic ring is 1. The standard InChI is InChI=1S/C20H20ClN2O3PS/c1-26-27(2,25)19(17-12-28-18-7-6-14(21)11-16(17)18)20(24)23-9-8-13-4-3-5-15(22)10-13/h3-12,19H,22H2,1-2H3,(H,23,24)/b9-8+. The second kappa shape index (κ2) is 8.50. The number of hydrogen-bond acceptors (Lipinski definition) is 5. The Morgan fingerprint density at radius 3 is 2.82 bits per heavy atom. The van der Waals surface area contributed by atoms with E-state index >= 15 is 0 Å². The van der Waals surface area contributed by atoms with Gasteiger partial charge in [0.2, 0.25) is 13.3 Å². The summed E-state index contributed by atoms with van der Waals surface area (Å²) in [5.41, 5.74) is 6.93. The number of nitrogens with one attached hydrogen (secondary N) is 1. The van der Waals surface area contributed by atoms with Gasteiger partial charge in [-0.15, -0.1) is 11.3 Å². The molecular formula is C20H20ClN2O3PS. The minimum Gasteiger partial charge on any atom is -0.399 e. The van der Waals surface area contributed by atoms with Crippen LogP contribution < -0.4 is 11.1 Å². The number of hydrogen-bond donors (Lipinski definition) is 2. The molecule has 5 nitrogen and oxygen atoms in total. The van der Waals surface area contributed by atoms with E-state index in [1.54, 1.807) is 30.3 Å². The van der Waals surface area contributed by atoms with Gasteiger partial charge in [-0.05, 0) is 58.3 Å². The highest BCUT2D eigenvalue weighted by atomic mass is 35.5. The molecule has 0 radical (unpaired) electrons. The van der Waals surface area contributed by atoms with Crippen molar-refractivity contribution in [2.45, 2.75) is 5.66 Å². The third-order valence-corrected chi connectivity index (χ3v) is 7.74. The number of amides is 1. The van der Waals surface area contributed by atoms with Crippen molar-refractivity contribution in [1.29, 1.82) is 0 Å². The van der Waals surface area contributed by atoms with Crippen molar-refractivity contribution < 1.29 is 13.9 Å². The smallest absolute Gasteiger partial charge is 0.241 e. The summed E-state index contributed by atoms with van der Waals surface area (Å²) in [6, 6.07) is 12.7. The minimum absolute atomic E-state index is 0.410. The molecule has 3 rings (SSSR count). The summed E-state index contributed by atoms with van der Waals surface area (Å²) < 4.78 is 19.3. The number of benzene rings is 2. The Hall–Kier alpha value is -2.11. The zero-order chi connectivity index (χ0) is 20.3. The lowest BCUT2D eigenvalue weighted by molar-refractivity contribution is -0.120. The first-order valence-corrected chi connectivity index (χ1v) is 11.8. The molecule has 1 heterocycles. The van der Waals surface area contributed by atoms with Crippen LogP contribution >= 0.6 is 30.3 Å². The zero-order valence-corrected chi connectivity index (χ0v) is 17.9. The molecule has 3 N–H and O–H groups in total. The quantitative estimate of drug-likeness (QED) is 0.395. The maximum Gasteiger partial charge on any atom is 0.241 e. The van der Waals surface area contributed by atoms with Gasteiger partial charge in [-0.3, -0.25) is 9.36 Å². The number of fused-ring (bicyclic) bond motifs is 1. The molecule has 0 saturated heterocycles. The summed E-state index contributed by atoms with van der Waals surface area (Å²) in [5.74, 6) is -0.410. The second-order valence-electron chi connectivity index (χ2n) is 6.34. The summed E-state index contributed by atoms with van der Waals surface area (Å²) >= 11 is 7.60. The number of rotatable bonds is 6. The first-order chi connectivity index (χ1) is 13.3. The van der Waals surface area contributed by atoms with Gasteiger partial charge in [0.25, 0.3) is 0 Å². The van der Waals surface area contributed by atoms with Crippen LogP contribution in [0, 0.1) is 0 Å². The average Bonchev–Trinajstić information content (AvgIpc) is 3.04. The molecule has 0 aliphatic rings. The van der Waals surface area contributed by atoms with Crippen molar-refractivity contribution in [1.82, 2.24) is 5.32 Å². The molecule has 8 heteroatoms. The lowest BCUT2D eigenvalue weighted by Gasteiger charge is -2.21. The van der Waals surface area contributed by atoms with E-state index in [0.29, 0.717) is 16.3 Å². The third kappa shape index (κ3) is 4.47. The summed E-state index contributed by atoms with van der Waals surface area (Å²) in [6.07, 6.45) is 3.24. The molecule has 1 amide bonds. The number of nitrogens with two attached hydrogens (primary N) is 1. The molecule has 0 fully saturated rings. The summed E-state index contributed by atoms with van der Waals surface area (Å²) in [5, 5.41) is 5.91. The van der Waals surface area contributed by atoms with Crippen molar-refractivity contribution in [3.8, 4) is 0 Å². The van der Waals surface area contributed by atoms with Crippen molar-refractivity contribution in [3.63, 3.8) is 0 Å². The highest BCUT2D eigenvalue weighted by Gasteiger charge is 2.37. The van der Waals surface area contributed by atoms with Gasteiger partial charge in [0.15, 0.2) is 0 Å². The summed E-state index contributed by atoms with van der Waals surface area (Å²) in [6.45, 7) is 1.47. The van der Waals surface area contributed by atoms with Crippen LogP contribution in [0.5, 0.6) is 0 Å². The van der Waals surface area contributed by atoms with Gasteiger partial charge in [-0.1, -0.05) is 23.7 Å². The Kier molecular flexibility index (Phi) is 6.26. The Morgan fingerprint density at radius 2 is 2.11 bits per heavy atom. The molecular weight excluding hydrogens is 415 g/mol. The van der Waals surface area contributed by atoms with E-state index in [1.807, 2.05) is 23.6 Å². The summed E-state index contributed by atoms with van der Waals surface area (Å²) in [7, 11) is -1.92. The van der Waals surface area contributed by atoms with E-state index in [2.05, 4.69) is 5.32 Å². The van der Waals surface area contributed by atoms with Crippen molar-refractivity contribution >= 4 is 58.1 Å². The number of halogens is 1. The fourth-order valence-corrected chi connectivity index (χ4v) is 5.58. The van der Waals surface area contributed by atoms with Gasteiger partial charge < -0.3 is 15.6 Å². The van der Waals surface area contributed by atoms with Crippen LogP contribution in [0.15, 0.2) is 54.0 Å². The number of anilines is 1. The SMILES string of the molecule is COP(C)(=O)C(C(=O)N/C=C/c1cccc(N)c1)c1csc2ccc(Cl)cc12. The number of carbonyl (C=O) groups is 1. The molecule has 1 aromatic heterocycles. The first kappa shape index (κ1) is 20.6. The Morgan fingerprint density at radius 1 is 1.32 bits per heavy atom. The van der Waals surface area contributed by atoms with Gasteiger partial charge in [0.1, 0.15) is 5.66 Å². The second-order valence-corrected chi connectivity index (χ2v) is 10.4. The topological polar surface area (TPSA) is 81.4 Å². The monoisotopic (exact) mass is 434 g/mol. The van der Waals surface area contributed by atoms with E-state index in [-0.39, 0.29) is 0 Å². The Labute approximate surface area is 172 Å². The Balaban J connectivity index is 1.93. The van der Waals surface area contributed by atoms with Gasteiger partial charge in [0, 0.05) is 35.4 Å². The maximum atomic E-state index is 13.1. The number of carbonyl (C=O) groups excluding carboxylic acids is 1. The van der Waals surface area contributed by atoms with E-state index in [9.17, 15) is 9.36 Å². The van der Waals surface area contributed by atoms with Crippen LogP contribution in [-0.2, 0) is 13.9 Å². The van der Waals surface area contributed by atoms with Crippen LogP contribution in [0.4, 0.5) is 5.69 Å². The molecule has 2 aromatic carbocycles. The predicted octanol–water partition coefficient (Wildman–Crippen LogP) is 5.52. The third-order valence-electron chi connectivity index (χ3n) is 4.35. The molecule has 0 aliphatic heterocycles. The molecule has 0 aliphatic carbocycles. The van der Waals surface area contributed by atoms with Crippen LogP contribution in [0.1, 0.15) is 16.8 Å².